The largest absolute Gasteiger partial charge is 0.461 e. The van der Waals surface area contributed by atoms with Gasteiger partial charge in [-0.1, -0.05) is 13.8 Å². The molecule has 0 atom stereocenters. The molecule has 0 aliphatic heterocycles. The van der Waals surface area contributed by atoms with Crippen LogP contribution < -0.4 is 4.48 Å². The van der Waals surface area contributed by atoms with E-state index in [-0.39, 0.29) is 5.97 Å². The molecule has 20 heavy (non-hydrogen) atoms. The molecule has 112 valence electrons. The fourth-order valence-electron chi connectivity index (χ4n) is 1.94. The van der Waals surface area contributed by atoms with Crippen molar-refractivity contribution in [1.29, 1.82) is 0 Å². The summed E-state index contributed by atoms with van der Waals surface area (Å²) in [6.07, 6.45) is 0. The van der Waals surface area contributed by atoms with Crippen molar-refractivity contribution in [3.05, 3.63) is 29.8 Å². The number of benzene rings is 1. The molecule has 0 saturated heterocycles. The maximum Gasteiger partial charge on any atom is 0.338 e. The molecule has 0 bridgehead atoms. The molecule has 0 unspecified atom stereocenters. The van der Waals surface area contributed by atoms with Crippen molar-refractivity contribution < 1.29 is 9.53 Å². The Bertz CT molecular complexity index is 417. The average Bonchev–Trinajstić information content (AvgIpc) is 2.42. The Morgan fingerprint density at radius 3 is 2.10 bits per heavy atom. The number of rotatable bonds is 7. The Balaban J connectivity index is 2.52. The van der Waals surface area contributed by atoms with Gasteiger partial charge in [0.2, 0.25) is 0 Å². The van der Waals surface area contributed by atoms with Crippen LogP contribution in [-0.4, -0.2) is 58.3 Å². The number of hydrogen-bond acceptors (Lipinski definition) is 3. The standard InChI is InChI=1S/C16H27N2O2/c1-6-17(7-2)12-13-20-16(19)14-8-10-15(11-9-14)18(3,4)5/h8-11H,6-7,12-13H2,1-5H3/q+1. The predicted molar refractivity (Wildman–Crippen MR) is 84.1 cm³/mol. The highest BCUT2D eigenvalue weighted by Gasteiger charge is 2.14. The second-order valence-electron chi connectivity index (χ2n) is 5.72. The molecule has 0 aliphatic carbocycles. The maximum absolute atomic E-state index is 11.9. The summed E-state index contributed by atoms with van der Waals surface area (Å²) in [4.78, 5) is 14.1. The first-order valence-electron chi connectivity index (χ1n) is 7.20. The van der Waals surface area contributed by atoms with Crippen molar-refractivity contribution in [2.75, 3.05) is 47.4 Å². The quantitative estimate of drug-likeness (QED) is 0.567. The van der Waals surface area contributed by atoms with E-state index in [1.807, 2.05) is 24.3 Å². The van der Waals surface area contributed by atoms with Crippen LogP contribution in [0.15, 0.2) is 24.3 Å². The zero-order valence-electron chi connectivity index (χ0n) is 13.3. The first-order valence-corrected chi connectivity index (χ1v) is 7.20. The third-order valence-electron chi connectivity index (χ3n) is 3.41. The number of likely N-dealkylation sites (N-methyl/N-ethyl adjacent to an activating group) is 1. The molecule has 0 radical (unpaired) electrons. The molecular weight excluding hydrogens is 252 g/mol. The van der Waals surface area contributed by atoms with Gasteiger partial charge in [-0.05, 0) is 37.4 Å². The van der Waals surface area contributed by atoms with Crippen LogP contribution >= 0.6 is 0 Å². The lowest BCUT2D eigenvalue weighted by Crippen LogP contribution is -2.34. The third-order valence-corrected chi connectivity index (χ3v) is 3.41. The first kappa shape index (κ1) is 16.7. The van der Waals surface area contributed by atoms with Crippen LogP contribution in [-0.2, 0) is 4.74 Å². The van der Waals surface area contributed by atoms with Crippen molar-refractivity contribution in [3.8, 4) is 0 Å². The van der Waals surface area contributed by atoms with E-state index in [0.29, 0.717) is 12.2 Å². The molecule has 1 aromatic rings. The van der Waals surface area contributed by atoms with E-state index in [2.05, 4.69) is 39.9 Å². The molecule has 0 heterocycles. The minimum absolute atomic E-state index is 0.245. The molecule has 1 aromatic carbocycles. The highest BCUT2D eigenvalue weighted by atomic mass is 16.5. The minimum atomic E-state index is -0.245. The van der Waals surface area contributed by atoms with Gasteiger partial charge in [0.05, 0.1) is 26.7 Å². The third kappa shape index (κ3) is 4.94. The van der Waals surface area contributed by atoms with Crippen molar-refractivity contribution in [2.24, 2.45) is 0 Å². The summed E-state index contributed by atoms with van der Waals surface area (Å²) >= 11 is 0. The van der Waals surface area contributed by atoms with Gasteiger partial charge in [-0.25, -0.2) is 4.79 Å². The van der Waals surface area contributed by atoms with Crippen molar-refractivity contribution >= 4 is 11.7 Å². The zero-order chi connectivity index (χ0) is 15.2. The van der Waals surface area contributed by atoms with E-state index >= 15 is 0 Å². The SMILES string of the molecule is CCN(CC)CCOC(=O)c1ccc([N+](C)(C)C)cc1. The normalized spacial score (nSPS) is 11.7. The summed E-state index contributed by atoms with van der Waals surface area (Å²) in [6, 6.07) is 7.61. The van der Waals surface area contributed by atoms with Gasteiger partial charge in [0.1, 0.15) is 12.3 Å². The number of esters is 1. The average molecular weight is 279 g/mol. The van der Waals surface area contributed by atoms with Crippen molar-refractivity contribution in [3.63, 3.8) is 0 Å². The highest BCUT2D eigenvalue weighted by molar-refractivity contribution is 5.89. The molecule has 0 amide bonds. The number of nitrogens with zero attached hydrogens (tertiary/aromatic N) is 2. The lowest BCUT2D eigenvalue weighted by atomic mass is 10.2. The number of carbonyl (C=O) groups excluding carboxylic acids is 1. The minimum Gasteiger partial charge on any atom is -0.461 e. The van der Waals surface area contributed by atoms with Gasteiger partial charge < -0.3 is 9.64 Å². The molecule has 0 aromatic heterocycles. The zero-order valence-corrected chi connectivity index (χ0v) is 13.3. The van der Waals surface area contributed by atoms with Crippen LogP contribution in [0, 0.1) is 0 Å². The first-order chi connectivity index (χ1) is 9.38. The monoisotopic (exact) mass is 279 g/mol. The fourth-order valence-corrected chi connectivity index (χ4v) is 1.94. The summed E-state index contributed by atoms with van der Waals surface area (Å²) in [7, 11) is 6.28. The predicted octanol–water partition coefficient (Wildman–Crippen LogP) is 2.38. The van der Waals surface area contributed by atoms with Gasteiger partial charge in [0, 0.05) is 6.54 Å². The Labute approximate surface area is 122 Å². The van der Waals surface area contributed by atoms with E-state index in [9.17, 15) is 4.79 Å². The molecule has 4 heteroatoms. The van der Waals surface area contributed by atoms with Crippen LogP contribution in [0.25, 0.3) is 0 Å². The Morgan fingerprint density at radius 1 is 1.10 bits per heavy atom. The van der Waals surface area contributed by atoms with Gasteiger partial charge in [0.25, 0.3) is 0 Å². The number of carbonyl (C=O) groups is 1. The Morgan fingerprint density at radius 2 is 1.65 bits per heavy atom. The smallest absolute Gasteiger partial charge is 0.338 e. The molecule has 0 N–H and O–H groups in total. The second kappa shape index (κ2) is 7.41. The summed E-state index contributed by atoms with van der Waals surface area (Å²) < 4.78 is 6.04. The maximum atomic E-state index is 11.9. The lowest BCUT2D eigenvalue weighted by molar-refractivity contribution is 0.0466. The number of hydrogen-bond donors (Lipinski definition) is 0. The lowest BCUT2D eigenvalue weighted by Gasteiger charge is -2.23. The number of ether oxygens (including phenoxy) is 1. The van der Waals surface area contributed by atoms with Gasteiger partial charge in [-0.2, -0.15) is 0 Å². The topological polar surface area (TPSA) is 29.5 Å². The molecular formula is C16H27N2O2+. The van der Waals surface area contributed by atoms with Gasteiger partial charge in [-0.3, -0.25) is 4.48 Å². The van der Waals surface area contributed by atoms with E-state index in [4.69, 9.17) is 4.74 Å². The summed E-state index contributed by atoms with van der Waals surface area (Å²) in [5, 5.41) is 0. The van der Waals surface area contributed by atoms with Crippen LogP contribution in [0.3, 0.4) is 0 Å². The van der Waals surface area contributed by atoms with Crippen LogP contribution in [0.2, 0.25) is 0 Å². The van der Waals surface area contributed by atoms with E-state index < -0.39 is 0 Å². The molecule has 0 saturated carbocycles. The Kier molecular flexibility index (Phi) is 6.17. The van der Waals surface area contributed by atoms with Crippen LogP contribution in [0.4, 0.5) is 5.69 Å². The summed E-state index contributed by atoms with van der Waals surface area (Å²) in [6.45, 7) is 7.40. The fraction of sp³-hybridized carbons (Fsp3) is 0.562. The van der Waals surface area contributed by atoms with E-state index in [0.717, 1.165) is 29.8 Å². The molecule has 0 aliphatic rings. The van der Waals surface area contributed by atoms with Crippen LogP contribution in [0.1, 0.15) is 24.2 Å². The molecule has 4 nitrogen and oxygen atoms in total. The molecule has 0 fully saturated rings. The molecule has 0 spiro atoms. The summed E-state index contributed by atoms with van der Waals surface area (Å²) in [5.74, 6) is -0.245. The van der Waals surface area contributed by atoms with Crippen molar-refractivity contribution in [2.45, 2.75) is 13.8 Å². The van der Waals surface area contributed by atoms with E-state index in [1.165, 1.54) is 0 Å². The van der Waals surface area contributed by atoms with Gasteiger partial charge in [-0.15, -0.1) is 0 Å². The van der Waals surface area contributed by atoms with Crippen LogP contribution in [0.5, 0.6) is 0 Å². The number of quaternary nitrogens is 1. The summed E-state index contributed by atoms with van der Waals surface area (Å²) in [5.41, 5.74) is 1.77. The van der Waals surface area contributed by atoms with E-state index in [1.54, 1.807) is 0 Å². The highest BCUT2D eigenvalue weighted by Crippen LogP contribution is 2.17. The molecule has 1 rings (SSSR count). The van der Waals surface area contributed by atoms with Crippen molar-refractivity contribution in [1.82, 2.24) is 9.38 Å². The van der Waals surface area contributed by atoms with Gasteiger partial charge in [0.15, 0.2) is 0 Å². The second-order valence-corrected chi connectivity index (χ2v) is 5.72. The Hall–Kier alpha value is -1.39. The van der Waals surface area contributed by atoms with Gasteiger partial charge >= 0.3 is 5.97 Å².